The molecular formula is C20H26N4O3. The van der Waals surface area contributed by atoms with Crippen LogP contribution in [-0.4, -0.2) is 35.2 Å². The third kappa shape index (κ3) is 4.60. The van der Waals surface area contributed by atoms with Crippen molar-refractivity contribution >= 4 is 11.6 Å². The first-order valence-electron chi connectivity index (χ1n) is 9.61. The molecule has 1 aliphatic carbocycles. The molecule has 1 aromatic carbocycles. The summed E-state index contributed by atoms with van der Waals surface area (Å²) in [4.78, 5) is 28.3. The van der Waals surface area contributed by atoms with Crippen molar-refractivity contribution < 1.29 is 9.53 Å². The summed E-state index contributed by atoms with van der Waals surface area (Å²) in [6.45, 7) is 3.43. The molecule has 0 radical (unpaired) electrons. The number of aromatic nitrogens is 2. The van der Waals surface area contributed by atoms with Gasteiger partial charge in [-0.3, -0.25) is 4.79 Å². The maximum Gasteiger partial charge on any atom is 0.251 e. The standard InChI is InChI=1S/C20H26N4O3/c1-2-27-13-11-22-20(25)16-8-9-17(23-26)18(14-16)24-12-10-21-19(24)15-6-4-3-5-7-15/h8-10,12,14-15H,2-7,11,13H2,1H3,(H,22,25). The van der Waals surface area contributed by atoms with Crippen LogP contribution in [0.5, 0.6) is 0 Å². The first-order valence-corrected chi connectivity index (χ1v) is 9.61. The summed E-state index contributed by atoms with van der Waals surface area (Å²) >= 11 is 0. The first kappa shape index (κ1) is 19.2. The molecule has 1 fully saturated rings. The van der Waals surface area contributed by atoms with Crippen molar-refractivity contribution in [2.75, 3.05) is 19.8 Å². The number of hydrogen-bond donors (Lipinski definition) is 1. The molecule has 0 atom stereocenters. The van der Waals surface area contributed by atoms with E-state index in [1.54, 1.807) is 24.4 Å². The number of ether oxygens (including phenoxy) is 1. The van der Waals surface area contributed by atoms with Crippen molar-refractivity contribution in [2.45, 2.75) is 44.9 Å². The van der Waals surface area contributed by atoms with Crippen LogP contribution in [0.4, 0.5) is 5.69 Å². The number of nitrogens with one attached hydrogen (secondary N) is 1. The molecule has 0 unspecified atom stereocenters. The smallest absolute Gasteiger partial charge is 0.251 e. The third-order valence-corrected chi connectivity index (χ3v) is 4.97. The number of nitroso groups, excluding NO2 is 1. The van der Waals surface area contributed by atoms with Gasteiger partial charge in [-0.15, -0.1) is 4.91 Å². The van der Waals surface area contributed by atoms with Crippen LogP contribution in [0, 0.1) is 4.91 Å². The molecular weight excluding hydrogens is 344 g/mol. The van der Waals surface area contributed by atoms with E-state index in [0.29, 0.717) is 42.6 Å². The molecule has 0 spiro atoms. The van der Waals surface area contributed by atoms with Crippen LogP contribution in [0.1, 0.15) is 61.1 Å². The van der Waals surface area contributed by atoms with Crippen molar-refractivity contribution in [2.24, 2.45) is 5.18 Å². The highest BCUT2D eigenvalue weighted by Crippen LogP contribution is 2.34. The Bertz CT molecular complexity index is 781. The summed E-state index contributed by atoms with van der Waals surface area (Å²) in [6.07, 6.45) is 9.42. The SMILES string of the molecule is CCOCCNC(=O)c1ccc(N=O)c(-n2ccnc2C2CCCCC2)c1. The van der Waals surface area contributed by atoms with Gasteiger partial charge < -0.3 is 14.6 Å². The number of benzene rings is 1. The Hall–Kier alpha value is -2.54. The third-order valence-electron chi connectivity index (χ3n) is 4.97. The molecule has 1 aliphatic rings. The molecule has 0 saturated heterocycles. The average Bonchev–Trinajstić information content (AvgIpc) is 3.21. The lowest BCUT2D eigenvalue weighted by Crippen LogP contribution is -2.27. The highest BCUT2D eigenvalue weighted by atomic mass is 16.5. The number of nitrogens with zero attached hydrogens (tertiary/aromatic N) is 3. The fraction of sp³-hybridized carbons (Fsp3) is 0.500. The monoisotopic (exact) mass is 370 g/mol. The fourth-order valence-corrected chi connectivity index (χ4v) is 3.60. The normalized spacial score (nSPS) is 14.9. The summed E-state index contributed by atoms with van der Waals surface area (Å²) in [5.74, 6) is 1.11. The van der Waals surface area contributed by atoms with E-state index in [1.165, 1.54) is 19.3 Å². The number of amides is 1. The van der Waals surface area contributed by atoms with Gasteiger partial charge in [-0.25, -0.2) is 4.98 Å². The van der Waals surface area contributed by atoms with Crippen molar-refractivity contribution in [3.05, 3.63) is 46.9 Å². The van der Waals surface area contributed by atoms with Gasteiger partial charge in [0.1, 0.15) is 11.5 Å². The Morgan fingerprint density at radius 2 is 2.15 bits per heavy atom. The molecule has 7 heteroatoms. The highest BCUT2D eigenvalue weighted by molar-refractivity contribution is 5.95. The minimum absolute atomic E-state index is 0.201. The van der Waals surface area contributed by atoms with Crippen molar-refractivity contribution in [3.63, 3.8) is 0 Å². The predicted molar refractivity (Wildman–Crippen MR) is 104 cm³/mol. The van der Waals surface area contributed by atoms with E-state index in [0.717, 1.165) is 18.7 Å². The van der Waals surface area contributed by atoms with E-state index >= 15 is 0 Å². The zero-order valence-electron chi connectivity index (χ0n) is 15.7. The molecule has 7 nitrogen and oxygen atoms in total. The number of imidazole rings is 1. The fourth-order valence-electron chi connectivity index (χ4n) is 3.60. The van der Waals surface area contributed by atoms with Crippen LogP contribution >= 0.6 is 0 Å². The Kier molecular flexibility index (Phi) is 6.70. The van der Waals surface area contributed by atoms with Crippen molar-refractivity contribution in [1.29, 1.82) is 0 Å². The Labute approximate surface area is 159 Å². The lowest BCUT2D eigenvalue weighted by Gasteiger charge is -2.22. The molecule has 1 saturated carbocycles. The zero-order chi connectivity index (χ0) is 19.1. The number of rotatable bonds is 8. The van der Waals surface area contributed by atoms with E-state index < -0.39 is 0 Å². The summed E-state index contributed by atoms with van der Waals surface area (Å²) in [6, 6.07) is 4.92. The van der Waals surface area contributed by atoms with Crippen molar-refractivity contribution in [3.8, 4) is 5.69 Å². The second-order valence-electron chi connectivity index (χ2n) is 6.74. The number of hydrogen-bond acceptors (Lipinski definition) is 5. The van der Waals surface area contributed by atoms with E-state index in [2.05, 4.69) is 15.5 Å². The van der Waals surface area contributed by atoms with Gasteiger partial charge in [0.25, 0.3) is 5.91 Å². The summed E-state index contributed by atoms with van der Waals surface area (Å²) in [5, 5.41) is 5.97. The molecule has 1 amide bonds. The maximum atomic E-state index is 12.4. The maximum absolute atomic E-state index is 12.4. The van der Waals surface area contributed by atoms with Gasteiger partial charge in [0.2, 0.25) is 0 Å². The van der Waals surface area contributed by atoms with E-state index in [-0.39, 0.29) is 5.91 Å². The molecule has 144 valence electrons. The van der Waals surface area contributed by atoms with Crippen molar-refractivity contribution in [1.82, 2.24) is 14.9 Å². The van der Waals surface area contributed by atoms with Crippen LogP contribution in [0.25, 0.3) is 5.69 Å². The van der Waals surface area contributed by atoms with E-state index in [4.69, 9.17) is 4.74 Å². The average molecular weight is 370 g/mol. The number of carbonyl (C=O) groups is 1. The van der Waals surface area contributed by atoms with E-state index in [1.807, 2.05) is 17.7 Å². The van der Waals surface area contributed by atoms with Crippen LogP contribution in [0.15, 0.2) is 35.8 Å². The molecule has 1 aromatic heterocycles. The molecule has 0 aliphatic heterocycles. The van der Waals surface area contributed by atoms with Crippen LogP contribution < -0.4 is 5.32 Å². The largest absolute Gasteiger partial charge is 0.380 e. The molecule has 1 N–H and O–H groups in total. The van der Waals surface area contributed by atoms with Gasteiger partial charge in [0.15, 0.2) is 0 Å². The Morgan fingerprint density at radius 1 is 1.33 bits per heavy atom. The predicted octanol–water partition coefficient (Wildman–Crippen LogP) is 4.08. The molecule has 27 heavy (non-hydrogen) atoms. The zero-order valence-corrected chi connectivity index (χ0v) is 15.7. The Morgan fingerprint density at radius 3 is 2.89 bits per heavy atom. The van der Waals surface area contributed by atoms with Crippen LogP contribution in [-0.2, 0) is 4.74 Å². The van der Waals surface area contributed by atoms with Crippen LogP contribution in [0.2, 0.25) is 0 Å². The first-order chi connectivity index (χ1) is 13.2. The number of carbonyl (C=O) groups excluding carboxylic acids is 1. The summed E-state index contributed by atoms with van der Waals surface area (Å²) in [7, 11) is 0. The topological polar surface area (TPSA) is 85.6 Å². The van der Waals surface area contributed by atoms with E-state index in [9.17, 15) is 9.70 Å². The van der Waals surface area contributed by atoms with Gasteiger partial charge in [0, 0.05) is 37.0 Å². The lowest BCUT2D eigenvalue weighted by molar-refractivity contribution is 0.0922. The quantitative estimate of drug-likeness (QED) is 0.560. The second kappa shape index (κ2) is 9.41. The molecule has 1 heterocycles. The van der Waals surface area contributed by atoms with Gasteiger partial charge in [-0.05, 0) is 43.1 Å². The van der Waals surface area contributed by atoms with Gasteiger partial charge in [0.05, 0.1) is 12.3 Å². The highest BCUT2D eigenvalue weighted by Gasteiger charge is 2.22. The van der Waals surface area contributed by atoms with Gasteiger partial charge >= 0.3 is 0 Å². The second-order valence-corrected chi connectivity index (χ2v) is 6.74. The van der Waals surface area contributed by atoms with Crippen LogP contribution in [0.3, 0.4) is 0 Å². The summed E-state index contributed by atoms with van der Waals surface area (Å²) < 4.78 is 7.14. The molecule has 2 aromatic rings. The minimum Gasteiger partial charge on any atom is -0.380 e. The minimum atomic E-state index is -0.201. The molecule has 0 bridgehead atoms. The summed E-state index contributed by atoms with van der Waals surface area (Å²) in [5.41, 5.74) is 1.38. The van der Waals surface area contributed by atoms with Gasteiger partial charge in [-0.2, -0.15) is 0 Å². The van der Waals surface area contributed by atoms with Gasteiger partial charge in [-0.1, -0.05) is 19.3 Å². The lowest BCUT2D eigenvalue weighted by atomic mass is 9.88. The Balaban J connectivity index is 1.85. The molecule has 3 rings (SSSR count).